The molecule has 0 aliphatic rings. The Bertz CT molecular complexity index is 1620. The van der Waals surface area contributed by atoms with E-state index in [1.54, 1.807) is 24.3 Å². The second-order valence-corrected chi connectivity index (χ2v) is 11.5. The van der Waals surface area contributed by atoms with Gasteiger partial charge < -0.3 is 9.32 Å². The maximum atomic E-state index is 13.7. The van der Waals surface area contributed by atoms with Crippen molar-refractivity contribution in [3.05, 3.63) is 112 Å². The zero-order valence-corrected chi connectivity index (χ0v) is 22.3. The highest BCUT2D eigenvalue weighted by Crippen LogP contribution is 2.20. The molecule has 0 saturated carbocycles. The lowest BCUT2D eigenvalue weighted by Crippen LogP contribution is -2.44. The Hall–Kier alpha value is -3.89. The SMILES string of the molecule is CC(C)CN(CC(=O)N(Cc1ccc(F)cc1)Cc1coc2ccccc2c1=O)S(=O)(=O)c1ccc(F)cc1. The number of sulfonamides is 1. The van der Waals surface area contributed by atoms with Gasteiger partial charge in [0.15, 0.2) is 5.43 Å². The van der Waals surface area contributed by atoms with Crippen molar-refractivity contribution >= 4 is 26.9 Å². The minimum Gasteiger partial charge on any atom is -0.464 e. The first-order valence-electron chi connectivity index (χ1n) is 12.3. The van der Waals surface area contributed by atoms with Crippen molar-refractivity contribution in [3.8, 4) is 0 Å². The first-order chi connectivity index (χ1) is 18.5. The average molecular weight is 555 g/mol. The van der Waals surface area contributed by atoms with E-state index >= 15 is 0 Å². The fourth-order valence-corrected chi connectivity index (χ4v) is 5.69. The Morgan fingerprint density at radius 1 is 0.897 bits per heavy atom. The van der Waals surface area contributed by atoms with Gasteiger partial charge in [0, 0.05) is 13.1 Å². The maximum absolute atomic E-state index is 13.7. The van der Waals surface area contributed by atoms with Crippen LogP contribution in [0.15, 0.2) is 93.2 Å². The Labute approximate surface area is 225 Å². The third-order valence-corrected chi connectivity index (χ3v) is 7.91. The molecule has 4 rings (SSSR count). The van der Waals surface area contributed by atoms with Crippen LogP contribution in [0.1, 0.15) is 25.0 Å². The highest BCUT2D eigenvalue weighted by molar-refractivity contribution is 7.89. The molecular weight excluding hydrogens is 526 g/mol. The van der Waals surface area contributed by atoms with Gasteiger partial charge in [-0.15, -0.1) is 0 Å². The van der Waals surface area contributed by atoms with E-state index in [0.717, 1.165) is 28.6 Å². The minimum atomic E-state index is -4.14. The summed E-state index contributed by atoms with van der Waals surface area (Å²) in [4.78, 5) is 28.0. The van der Waals surface area contributed by atoms with Crippen molar-refractivity contribution in [2.45, 2.75) is 31.8 Å². The van der Waals surface area contributed by atoms with Crippen molar-refractivity contribution in [2.24, 2.45) is 5.92 Å². The molecule has 0 N–H and O–H groups in total. The van der Waals surface area contributed by atoms with E-state index < -0.39 is 34.1 Å². The molecule has 0 unspecified atom stereocenters. The van der Waals surface area contributed by atoms with Gasteiger partial charge in [-0.2, -0.15) is 4.31 Å². The lowest BCUT2D eigenvalue weighted by molar-refractivity contribution is -0.132. The zero-order valence-electron chi connectivity index (χ0n) is 21.5. The predicted molar refractivity (Wildman–Crippen MR) is 143 cm³/mol. The molecule has 0 radical (unpaired) electrons. The summed E-state index contributed by atoms with van der Waals surface area (Å²) in [6.45, 7) is 2.99. The van der Waals surface area contributed by atoms with E-state index in [-0.39, 0.29) is 41.4 Å². The Morgan fingerprint density at radius 2 is 1.51 bits per heavy atom. The van der Waals surface area contributed by atoms with E-state index in [1.807, 2.05) is 13.8 Å². The van der Waals surface area contributed by atoms with Gasteiger partial charge in [-0.1, -0.05) is 38.1 Å². The summed E-state index contributed by atoms with van der Waals surface area (Å²) in [5.74, 6) is -1.72. The third-order valence-electron chi connectivity index (χ3n) is 6.08. The summed E-state index contributed by atoms with van der Waals surface area (Å²) in [6.07, 6.45) is 1.29. The normalized spacial score (nSPS) is 11.8. The average Bonchev–Trinajstić information content (AvgIpc) is 2.90. The third kappa shape index (κ3) is 6.76. The van der Waals surface area contributed by atoms with Crippen molar-refractivity contribution < 1.29 is 26.4 Å². The molecule has 1 aromatic heterocycles. The van der Waals surface area contributed by atoms with E-state index in [9.17, 15) is 26.8 Å². The van der Waals surface area contributed by atoms with Gasteiger partial charge >= 0.3 is 0 Å². The van der Waals surface area contributed by atoms with Crippen LogP contribution in [0.5, 0.6) is 0 Å². The number of nitrogens with zero attached hydrogens (tertiary/aromatic N) is 2. The number of hydrogen-bond acceptors (Lipinski definition) is 5. The topological polar surface area (TPSA) is 87.9 Å². The molecule has 1 amide bonds. The summed E-state index contributed by atoms with van der Waals surface area (Å²) in [5.41, 5.74) is 0.885. The number of rotatable bonds is 10. The van der Waals surface area contributed by atoms with Crippen LogP contribution >= 0.6 is 0 Å². The summed E-state index contributed by atoms with van der Waals surface area (Å²) in [7, 11) is -4.14. The van der Waals surface area contributed by atoms with Crippen LogP contribution in [0.3, 0.4) is 0 Å². The second-order valence-electron chi connectivity index (χ2n) is 9.61. The van der Waals surface area contributed by atoms with Crippen LogP contribution in [0.2, 0.25) is 0 Å². The van der Waals surface area contributed by atoms with Crippen LogP contribution < -0.4 is 5.43 Å². The molecule has 0 aliphatic heterocycles. The predicted octanol–water partition coefficient (Wildman–Crippen LogP) is 4.95. The zero-order chi connectivity index (χ0) is 28.2. The highest BCUT2D eigenvalue weighted by Gasteiger charge is 2.30. The molecule has 0 aliphatic carbocycles. The maximum Gasteiger partial charge on any atom is 0.243 e. The number of carbonyl (C=O) groups excluding carboxylic acids is 1. The number of halogens is 2. The number of benzene rings is 3. The molecule has 1 heterocycles. The fourth-order valence-electron chi connectivity index (χ4n) is 4.14. The first-order valence-corrected chi connectivity index (χ1v) is 13.8. The Morgan fingerprint density at radius 3 is 2.15 bits per heavy atom. The number of carbonyl (C=O) groups is 1. The van der Waals surface area contributed by atoms with Gasteiger partial charge in [0.1, 0.15) is 17.2 Å². The highest BCUT2D eigenvalue weighted by atomic mass is 32.2. The quantitative estimate of drug-likeness (QED) is 0.277. The Kier molecular flexibility index (Phi) is 8.57. The number of hydrogen-bond donors (Lipinski definition) is 0. The minimum absolute atomic E-state index is 0.00249. The molecule has 3 aromatic carbocycles. The van der Waals surface area contributed by atoms with E-state index in [2.05, 4.69) is 0 Å². The summed E-state index contributed by atoms with van der Waals surface area (Å²) in [6, 6.07) is 16.7. The molecule has 4 aromatic rings. The molecule has 0 bridgehead atoms. The largest absolute Gasteiger partial charge is 0.464 e. The molecular formula is C29H28F2N2O5S. The van der Waals surface area contributed by atoms with Crippen LogP contribution in [0, 0.1) is 17.6 Å². The molecule has 39 heavy (non-hydrogen) atoms. The van der Waals surface area contributed by atoms with Gasteiger partial charge in [0.05, 0.1) is 35.2 Å². The van der Waals surface area contributed by atoms with Crippen molar-refractivity contribution in [2.75, 3.05) is 13.1 Å². The number of para-hydroxylation sites is 1. The van der Waals surface area contributed by atoms with Crippen LogP contribution in [0.4, 0.5) is 8.78 Å². The lowest BCUT2D eigenvalue weighted by atomic mass is 10.1. The smallest absolute Gasteiger partial charge is 0.243 e. The molecule has 0 fully saturated rings. The summed E-state index contributed by atoms with van der Waals surface area (Å²) >= 11 is 0. The monoisotopic (exact) mass is 554 g/mol. The van der Waals surface area contributed by atoms with Crippen LogP contribution in [-0.2, 0) is 27.9 Å². The van der Waals surface area contributed by atoms with Crippen molar-refractivity contribution in [1.29, 1.82) is 0 Å². The van der Waals surface area contributed by atoms with Gasteiger partial charge in [-0.3, -0.25) is 9.59 Å². The van der Waals surface area contributed by atoms with Crippen molar-refractivity contribution in [3.63, 3.8) is 0 Å². The molecule has 7 nitrogen and oxygen atoms in total. The second kappa shape index (κ2) is 11.9. The molecule has 0 atom stereocenters. The van der Waals surface area contributed by atoms with Crippen LogP contribution in [0.25, 0.3) is 11.0 Å². The van der Waals surface area contributed by atoms with Gasteiger partial charge in [0.2, 0.25) is 15.9 Å². The van der Waals surface area contributed by atoms with Gasteiger partial charge in [-0.25, -0.2) is 17.2 Å². The molecule has 10 heteroatoms. The van der Waals surface area contributed by atoms with E-state index in [0.29, 0.717) is 16.5 Å². The summed E-state index contributed by atoms with van der Waals surface area (Å²) < 4.78 is 60.4. The van der Waals surface area contributed by atoms with E-state index in [1.165, 1.54) is 35.4 Å². The lowest BCUT2D eigenvalue weighted by Gasteiger charge is -2.28. The molecule has 0 saturated heterocycles. The molecule has 0 spiro atoms. The van der Waals surface area contributed by atoms with Crippen LogP contribution in [-0.4, -0.2) is 36.6 Å². The molecule has 204 valence electrons. The number of fused-ring (bicyclic) bond motifs is 1. The first kappa shape index (κ1) is 28.1. The summed E-state index contributed by atoms with van der Waals surface area (Å²) in [5, 5.41) is 0.351. The Balaban J connectivity index is 1.68. The standard InChI is InChI=1S/C29H28F2N2O5S/c1-20(2)15-33(39(36,37)25-13-11-24(31)12-14-25)18-28(34)32(16-21-7-9-23(30)10-8-21)17-22-19-38-27-6-4-3-5-26(27)29(22)35/h3-14,19-20H,15-18H2,1-2H3. The van der Waals surface area contributed by atoms with E-state index in [4.69, 9.17) is 4.42 Å². The fraction of sp³-hybridized carbons (Fsp3) is 0.241. The van der Waals surface area contributed by atoms with Crippen molar-refractivity contribution in [1.82, 2.24) is 9.21 Å². The van der Waals surface area contributed by atoms with Gasteiger partial charge in [0.25, 0.3) is 0 Å². The number of amides is 1. The van der Waals surface area contributed by atoms with Gasteiger partial charge in [-0.05, 0) is 60.0 Å².